The molecule has 0 spiro atoms. The normalized spacial score (nSPS) is 21.3. The molecule has 0 aromatic heterocycles. The fourth-order valence-electron chi connectivity index (χ4n) is 2.89. The highest BCUT2D eigenvalue weighted by atomic mass is 16.2. The van der Waals surface area contributed by atoms with Crippen LogP contribution in [0, 0.1) is 5.92 Å². The standard InChI is InChI=1S/C14H27N3O/c1-16(2)7-8-17(13-5-3-4-6-13)14(18)9-12-10-15-11-12/h12-13,15H,3-11H2,1-2H3. The van der Waals surface area contributed by atoms with Gasteiger partial charge in [-0.05, 0) is 45.9 Å². The SMILES string of the molecule is CN(C)CCN(C(=O)CC1CNC1)C1CCCC1. The van der Waals surface area contributed by atoms with Gasteiger partial charge < -0.3 is 15.1 Å². The van der Waals surface area contributed by atoms with Crippen LogP contribution in [-0.4, -0.2) is 62.0 Å². The summed E-state index contributed by atoms with van der Waals surface area (Å²) in [6.45, 7) is 3.93. The maximum atomic E-state index is 12.4. The summed E-state index contributed by atoms with van der Waals surface area (Å²) in [6.07, 6.45) is 5.75. The Labute approximate surface area is 111 Å². The van der Waals surface area contributed by atoms with Crippen molar-refractivity contribution in [1.82, 2.24) is 15.1 Å². The van der Waals surface area contributed by atoms with E-state index in [2.05, 4.69) is 29.2 Å². The van der Waals surface area contributed by atoms with Crippen LogP contribution in [0.5, 0.6) is 0 Å². The van der Waals surface area contributed by atoms with E-state index in [9.17, 15) is 4.79 Å². The summed E-state index contributed by atoms with van der Waals surface area (Å²) in [7, 11) is 4.15. The van der Waals surface area contributed by atoms with Crippen molar-refractivity contribution >= 4 is 5.91 Å². The summed E-state index contributed by atoms with van der Waals surface area (Å²) in [5.74, 6) is 0.969. The molecule has 0 aromatic rings. The molecule has 2 aliphatic rings. The molecule has 0 bridgehead atoms. The lowest BCUT2D eigenvalue weighted by molar-refractivity contribution is -0.135. The van der Waals surface area contributed by atoms with Crippen LogP contribution in [0.15, 0.2) is 0 Å². The number of amides is 1. The number of hydrogen-bond acceptors (Lipinski definition) is 3. The minimum absolute atomic E-state index is 0.384. The number of nitrogens with zero attached hydrogens (tertiary/aromatic N) is 2. The molecule has 2 fully saturated rings. The highest BCUT2D eigenvalue weighted by Crippen LogP contribution is 2.25. The lowest BCUT2D eigenvalue weighted by Crippen LogP contribution is -2.48. The van der Waals surface area contributed by atoms with Gasteiger partial charge in [-0.25, -0.2) is 0 Å². The predicted molar refractivity (Wildman–Crippen MR) is 73.5 cm³/mol. The van der Waals surface area contributed by atoms with Gasteiger partial charge in [0.1, 0.15) is 0 Å². The van der Waals surface area contributed by atoms with E-state index in [1.165, 1.54) is 25.7 Å². The summed E-state index contributed by atoms with van der Waals surface area (Å²) in [6, 6.07) is 0.519. The Morgan fingerprint density at radius 2 is 1.83 bits per heavy atom. The maximum Gasteiger partial charge on any atom is 0.223 e. The second-order valence-corrected chi connectivity index (χ2v) is 6.06. The van der Waals surface area contributed by atoms with Crippen molar-refractivity contribution < 1.29 is 4.79 Å². The molecular weight excluding hydrogens is 226 g/mol. The van der Waals surface area contributed by atoms with Gasteiger partial charge in [0.15, 0.2) is 0 Å². The third-order valence-corrected chi connectivity index (χ3v) is 4.20. The topological polar surface area (TPSA) is 35.6 Å². The van der Waals surface area contributed by atoms with E-state index in [0.717, 1.165) is 32.6 Å². The van der Waals surface area contributed by atoms with Crippen LogP contribution in [0.2, 0.25) is 0 Å². The van der Waals surface area contributed by atoms with Crippen molar-refractivity contribution in [3.8, 4) is 0 Å². The smallest absolute Gasteiger partial charge is 0.223 e. The summed E-state index contributed by atoms with van der Waals surface area (Å²) in [4.78, 5) is 16.8. The molecule has 0 unspecified atom stereocenters. The third kappa shape index (κ3) is 3.69. The predicted octanol–water partition coefficient (Wildman–Crippen LogP) is 0.929. The monoisotopic (exact) mass is 253 g/mol. The Kier molecular flexibility index (Phi) is 5.01. The largest absolute Gasteiger partial charge is 0.338 e. The minimum atomic E-state index is 0.384. The lowest BCUT2D eigenvalue weighted by atomic mass is 9.98. The first-order valence-corrected chi connectivity index (χ1v) is 7.31. The van der Waals surface area contributed by atoms with Crippen molar-refractivity contribution in [3.63, 3.8) is 0 Å². The van der Waals surface area contributed by atoms with E-state index >= 15 is 0 Å². The van der Waals surface area contributed by atoms with Crippen LogP contribution in [0.4, 0.5) is 0 Å². The van der Waals surface area contributed by atoms with Gasteiger partial charge in [-0.3, -0.25) is 4.79 Å². The molecular formula is C14H27N3O. The molecule has 1 N–H and O–H groups in total. The molecule has 18 heavy (non-hydrogen) atoms. The van der Waals surface area contributed by atoms with Crippen molar-refractivity contribution in [2.75, 3.05) is 40.3 Å². The van der Waals surface area contributed by atoms with Crippen LogP contribution in [-0.2, 0) is 4.79 Å². The van der Waals surface area contributed by atoms with Crippen LogP contribution in [0.3, 0.4) is 0 Å². The number of nitrogens with one attached hydrogen (secondary N) is 1. The summed E-state index contributed by atoms with van der Waals surface area (Å²) in [5, 5.41) is 3.25. The molecule has 0 aromatic carbocycles. The van der Waals surface area contributed by atoms with Gasteiger partial charge in [0, 0.05) is 25.6 Å². The Bertz CT molecular complexity index is 270. The molecule has 0 radical (unpaired) electrons. The van der Waals surface area contributed by atoms with Crippen molar-refractivity contribution in [2.45, 2.75) is 38.1 Å². The Morgan fingerprint density at radius 1 is 1.17 bits per heavy atom. The second kappa shape index (κ2) is 6.53. The molecule has 104 valence electrons. The highest BCUT2D eigenvalue weighted by molar-refractivity contribution is 5.77. The van der Waals surface area contributed by atoms with Gasteiger partial charge >= 0.3 is 0 Å². The maximum absolute atomic E-state index is 12.4. The van der Waals surface area contributed by atoms with Gasteiger partial charge in [0.2, 0.25) is 5.91 Å². The van der Waals surface area contributed by atoms with E-state index in [4.69, 9.17) is 0 Å². The third-order valence-electron chi connectivity index (χ3n) is 4.20. The molecule has 1 saturated carbocycles. The van der Waals surface area contributed by atoms with Gasteiger partial charge in [-0.2, -0.15) is 0 Å². The first-order valence-electron chi connectivity index (χ1n) is 7.31. The number of carbonyl (C=O) groups excluding carboxylic acids is 1. The quantitative estimate of drug-likeness (QED) is 0.765. The number of rotatable bonds is 6. The van der Waals surface area contributed by atoms with Crippen LogP contribution >= 0.6 is 0 Å². The fourth-order valence-corrected chi connectivity index (χ4v) is 2.89. The van der Waals surface area contributed by atoms with Gasteiger partial charge in [0.05, 0.1) is 0 Å². The molecule has 2 rings (SSSR count). The Hall–Kier alpha value is -0.610. The molecule has 1 saturated heterocycles. The van der Waals surface area contributed by atoms with E-state index in [-0.39, 0.29) is 0 Å². The summed E-state index contributed by atoms with van der Waals surface area (Å²) < 4.78 is 0. The van der Waals surface area contributed by atoms with Gasteiger partial charge in [-0.15, -0.1) is 0 Å². The first kappa shape index (κ1) is 13.8. The lowest BCUT2D eigenvalue weighted by Gasteiger charge is -2.34. The molecule has 4 heteroatoms. The molecule has 0 atom stereocenters. The zero-order valence-corrected chi connectivity index (χ0v) is 11.8. The molecule has 1 heterocycles. The van der Waals surface area contributed by atoms with E-state index in [1.54, 1.807) is 0 Å². The Morgan fingerprint density at radius 3 is 2.33 bits per heavy atom. The van der Waals surface area contributed by atoms with Crippen LogP contribution in [0.1, 0.15) is 32.1 Å². The van der Waals surface area contributed by atoms with Gasteiger partial charge in [-0.1, -0.05) is 12.8 Å². The number of likely N-dealkylation sites (N-methyl/N-ethyl adjacent to an activating group) is 1. The molecule has 1 aliphatic heterocycles. The minimum Gasteiger partial charge on any atom is -0.338 e. The number of carbonyl (C=O) groups is 1. The van der Waals surface area contributed by atoms with Gasteiger partial charge in [0.25, 0.3) is 0 Å². The zero-order chi connectivity index (χ0) is 13.0. The van der Waals surface area contributed by atoms with Crippen molar-refractivity contribution in [1.29, 1.82) is 0 Å². The molecule has 1 aliphatic carbocycles. The van der Waals surface area contributed by atoms with E-state index < -0.39 is 0 Å². The van der Waals surface area contributed by atoms with Crippen LogP contribution in [0.25, 0.3) is 0 Å². The number of hydrogen-bond donors (Lipinski definition) is 1. The molecule has 4 nitrogen and oxygen atoms in total. The van der Waals surface area contributed by atoms with E-state index in [0.29, 0.717) is 17.9 Å². The van der Waals surface area contributed by atoms with Crippen LogP contribution < -0.4 is 5.32 Å². The second-order valence-electron chi connectivity index (χ2n) is 6.06. The van der Waals surface area contributed by atoms with Crippen molar-refractivity contribution in [2.24, 2.45) is 5.92 Å². The average molecular weight is 253 g/mol. The molecule has 1 amide bonds. The van der Waals surface area contributed by atoms with E-state index in [1.807, 2.05) is 0 Å². The fraction of sp³-hybridized carbons (Fsp3) is 0.929. The Balaban J connectivity index is 1.86. The van der Waals surface area contributed by atoms with Crippen molar-refractivity contribution in [3.05, 3.63) is 0 Å². The summed E-state index contributed by atoms with van der Waals surface area (Å²) >= 11 is 0. The zero-order valence-electron chi connectivity index (χ0n) is 11.8. The highest BCUT2D eigenvalue weighted by Gasteiger charge is 2.29. The summed E-state index contributed by atoms with van der Waals surface area (Å²) in [5.41, 5.74) is 0. The average Bonchev–Trinajstić information content (AvgIpc) is 2.77. The first-order chi connectivity index (χ1) is 8.66.